The fraction of sp³-hybridized carbons (Fsp3) is 0.190. The number of nitrogens with one attached hydrogen (secondary N) is 1. The Hall–Kier alpha value is -3.21. The average molecular weight is 347 g/mol. The highest BCUT2D eigenvalue weighted by molar-refractivity contribution is 6.06. The molecule has 0 aliphatic carbocycles. The highest BCUT2D eigenvalue weighted by atomic mass is 16.2. The largest absolute Gasteiger partial charge is 0.347 e. The van der Waals surface area contributed by atoms with Crippen LogP contribution in [0, 0.1) is 0 Å². The van der Waals surface area contributed by atoms with Crippen molar-refractivity contribution in [3.05, 3.63) is 78.1 Å². The second-order valence-electron chi connectivity index (χ2n) is 6.33. The Bertz CT molecular complexity index is 917. The van der Waals surface area contributed by atoms with E-state index < -0.39 is 6.04 Å². The molecule has 1 N–H and O–H groups in total. The van der Waals surface area contributed by atoms with Crippen LogP contribution in [0.1, 0.15) is 16.1 Å². The zero-order valence-electron chi connectivity index (χ0n) is 14.8. The molecule has 1 unspecified atom stereocenters. The number of hydrogen-bond donors (Lipinski definition) is 1. The number of likely N-dealkylation sites (N-methyl/N-ethyl adjacent to an activating group) is 1. The van der Waals surface area contributed by atoms with E-state index in [1.807, 2.05) is 60.7 Å². The van der Waals surface area contributed by atoms with Gasteiger partial charge in [0.05, 0.1) is 0 Å². The highest BCUT2D eigenvalue weighted by Gasteiger charge is 2.24. The van der Waals surface area contributed by atoms with Crippen LogP contribution in [0.4, 0.5) is 0 Å². The molecule has 26 heavy (non-hydrogen) atoms. The lowest BCUT2D eigenvalue weighted by Gasteiger charge is -2.22. The van der Waals surface area contributed by atoms with Gasteiger partial charge in [0.1, 0.15) is 11.7 Å². The first kappa shape index (κ1) is 17.6. The van der Waals surface area contributed by atoms with Crippen molar-refractivity contribution < 1.29 is 9.59 Å². The Balaban J connectivity index is 1.88. The second kappa shape index (κ2) is 7.78. The van der Waals surface area contributed by atoms with Gasteiger partial charge in [0.15, 0.2) is 0 Å². The van der Waals surface area contributed by atoms with Gasteiger partial charge in [0.2, 0.25) is 5.91 Å². The van der Waals surface area contributed by atoms with Crippen LogP contribution in [-0.2, 0) is 11.2 Å². The molecule has 0 bridgehead atoms. The fourth-order valence-corrected chi connectivity index (χ4v) is 2.89. The maximum absolute atomic E-state index is 12.8. The molecule has 0 radical (unpaired) electrons. The van der Waals surface area contributed by atoms with Gasteiger partial charge in [-0.25, -0.2) is 0 Å². The van der Waals surface area contributed by atoms with Crippen molar-refractivity contribution in [1.29, 1.82) is 0 Å². The van der Waals surface area contributed by atoms with Crippen LogP contribution in [0.15, 0.2) is 66.9 Å². The number of carbonyl (C=O) groups excluding carboxylic acids is 2. The van der Waals surface area contributed by atoms with Gasteiger partial charge in [-0.3, -0.25) is 14.6 Å². The van der Waals surface area contributed by atoms with E-state index in [0.717, 1.165) is 16.3 Å². The van der Waals surface area contributed by atoms with Gasteiger partial charge >= 0.3 is 0 Å². The third-order valence-corrected chi connectivity index (χ3v) is 4.22. The minimum Gasteiger partial charge on any atom is -0.347 e. The van der Waals surface area contributed by atoms with E-state index in [9.17, 15) is 9.59 Å². The summed E-state index contributed by atoms with van der Waals surface area (Å²) < 4.78 is 0. The van der Waals surface area contributed by atoms with Crippen molar-refractivity contribution in [2.45, 2.75) is 12.5 Å². The zero-order valence-corrected chi connectivity index (χ0v) is 14.8. The number of rotatable bonds is 5. The normalized spacial score (nSPS) is 11.8. The number of benzene rings is 2. The molecular formula is C21H21N3O2. The maximum Gasteiger partial charge on any atom is 0.271 e. The smallest absolute Gasteiger partial charge is 0.271 e. The minimum absolute atomic E-state index is 0.151. The van der Waals surface area contributed by atoms with Crippen LogP contribution in [0.5, 0.6) is 0 Å². The molecule has 0 fully saturated rings. The minimum atomic E-state index is -0.652. The summed E-state index contributed by atoms with van der Waals surface area (Å²) in [7, 11) is 3.37. The van der Waals surface area contributed by atoms with Crippen molar-refractivity contribution in [2.75, 3.05) is 14.1 Å². The highest BCUT2D eigenvalue weighted by Crippen LogP contribution is 2.16. The van der Waals surface area contributed by atoms with E-state index in [0.29, 0.717) is 12.1 Å². The third-order valence-electron chi connectivity index (χ3n) is 4.22. The quantitative estimate of drug-likeness (QED) is 0.772. The standard InChI is InChI=1S/C21H21N3O2/c1-24(2)21(26)18(14-15-8-4-3-5-9-15)23-20(25)19-17-11-7-6-10-16(17)12-13-22-19/h3-13,18H,14H2,1-2H3,(H,23,25). The molecule has 3 rings (SSSR count). The van der Waals surface area contributed by atoms with E-state index in [4.69, 9.17) is 0 Å². The summed E-state index contributed by atoms with van der Waals surface area (Å²) in [5, 5.41) is 4.57. The molecule has 3 aromatic rings. The summed E-state index contributed by atoms with van der Waals surface area (Å²) in [5.74, 6) is -0.500. The van der Waals surface area contributed by atoms with E-state index in [2.05, 4.69) is 10.3 Å². The van der Waals surface area contributed by atoms with Gasteiger partial charge in [0, 0.05) is 32.1 Å². The fourth-order valence-electron chi connectivity index (χ4n) is 2.89. The molecule has 2 amide bonds. The summed E-state index contributed by atoms with van der Waals surface area (Å²) in [6.45, 7) is 0. The Morgan fingerprint density at radius 1 is 1.00 bits per heavy atom. The second-order valence-corrected chi connectivity index (χ2v) is 6.33. The van der Waals surface area contributed by atoms with Gasteiger partial charge in [-0.15, -0.1) is 0 Å². The van der Waals surface area contributed by atoms with Crippen LogP contribution in [-0.4, -0.2) is 41.8 Å². The van der Waals surface area contributed by atoms with E-state index in [-0.39, 0.29) is 11.8 Å². The van der Waals surface area contributed by atoms with E-state index in [1.165, 1.54) is 4.90 Å². The summed E-state index contributed by atoms with van der Waals surface area (Å²) >= 11 is 0. The van der Waals surface area contributed by atoms with Gasteiger partial charge in [-0.05, 0) is 17.0 Å². The number of aromatic nitrogens is 1. The predicted molar refractivity (Wildman–Crippen MR) is 102 cm³/mol. The number of fused-ring (bicyclic) bond motifs is 1. The molecule has 1 aromatic heterocycles. The number of nitrogens with zero attached hydrogens (tertiary/aromatic N) is 2. The molecule has 1 heterocycles. The van der Waals surface area contributed by atoms with Gasteiger partial charge in [-0.1, -0.05) is 54.6 Å². The van der Waals surface area contributed by atoms with Crippen molar-refractivity contribution >= 4 is 22.6 Å². The Kier molecular flexibility index (Phi) is 5.27. The lowest BCUT2D eigenvalue weighted by molar-refractivity contribution is -0.130. The summed E-state index contributed by atoms with van der Waals surface area (Å²) in [4.78, 5) is 31.1. The molecular weight excluding hydrogens is 326 g/mol. The van der Waals surface area contributed by atoms with Gasteiger partial charge in [-0.2, -0.15) is 0 Å². The summed E-state index contributed by atoms with van der Waals surface area (Å²) in [6.07, 6.45) is 2.03. The first-order valence-corrected chi connectivity index (χ1v) is 8.46. The lowest BCUT2D eigenvalue weighted by Crippen LogP contribution is -2.47. The molecule has 0 aliphatic heterocycles. The molecule has 0 aliphatic rings. The van der Waals surface area contributed by atoms with Crippen LogP contribution in [0.3, 0.4) is 0 Å². The van der Waals surface area contributed by atoms with Crippen molar-refractivity contribution in [2.24, 2.45) is 0 Å². The SMILES string of the molecule is CN(C)C(=O)C(Cc1ccccc1)NC(=O)c1nccc2ccccc12. The monoisotopic (exact) mass is 347 g/mol. The van der Waals surface area contributed by atoms with Crippen LogP contribution < -0.4 is 5.32 Å². The number of hydrogen-bond acceptors (Lipinski definition) is 3. The molecule has 5 nitrogen and oxygen atoms in total. The van der Waals surface area contributed by atoms with Gasteiger partial charge < -0.3 is 10.2 Å². The van der Waals surface area contributed by atoms with Crippen molar-refractivity contribution in [3.63, 3.8) is 0 Å². The van der Waals surface area contributed by atoms with Crippen molar-refractivity contribution in [3.8, 4) is 0 Å². The van der Waals surface area contributed by atoms with Crippen LogP contribution in [0.2, 0.25) is 0 Å². The van der Waals surface area contributed by atoms with Gasteiger partial charge in [0.25, 0.3) is 5.91 Å². The maximum atomic E-state index is 12.8. The first-order valence-electron chi connectivity index (χ1n) is 8.46. The molecule has 0 saturated carbocycles. The molecule has 5 heteroatoms. The van der Waals surface area contributed by atoms with E-state index >= 15 is 0 Å². The predicted octanol–water partition coefficient (Wildman–Crippen LogP) is 2.66. The zero-order chi connectivity index (χ0) is 18.5. The van der Waals surface area contributed by atoms with E-state index in [1.54, 1.807) is 20.3 Å². The topological polar surface area (TPSA) is 62.3 Å². The summed E-state index contributed by atoms with van der Waals surface area (Å²) in [6, 6.07) is 18.4. The number of carbonyl (C=O) groups is 2. The molecule has 0 saturated heterocycles. The van der Waals surface area contributed by atoms with Crippen LogP contribution >= 0.6 is 0 Å². The number of amides is 2. The molecule has 1 atom stereocenters. The van der Waals surface area contributed by atoms with Crippen molar-refractivity contribution in [1.82, 2.24) is 15.2 Å². The van der Waals surface area contributed by atoms with Crippen LogP contribution in [0.25, 0.3) is 10.8 Å². The molecule has 0 spiro atoms. The first-order chi connectivity index (χ1) is 12.6. The average Bonchev–Trinajstić information content (AvgIpc) is 2.67. The number of pyridine rings is 1. The Labute approximate surface area is 152 Å². The molecule has 132 valence electrons. The summed E-state index contributed by atoms with van der Waals surface area (Å²) in [5.41, 5.74) is 1.31. The molecule has 2 aromatic carbocycles. The Morgan fingerprint density at radius 2 is 1.69 bits per heavy atom. The third kappa shape index (κ3) is 3.88. The Morgan fingerprint density at radius 3 is 2.42 bits per heavy atom. The lowest BCUT2D eigenvalue weighted by atomic mass is 10.0.